The highest BCUT2D eigenvalue weighted by atomic mass is 35.5. The van der Waals surface area contributed by atoms with Crippen molar-refractivity contribution >= 4 is 29.7 Å². The van der Waals surface area contributed by atoms with Crippen LogP contribution >= 0.6 is 24.0 Å². The topological polar surface area (TPSA) is 38.0 Å². The Labute approximate surface area is 83.5 Å². The molecule has 0 fully saturated rings. The Morgan fingerprint density at radius 2 is 2.17 bits per heavy atom. The van der Waals surface area contributed by atoms with Gasteiger partial charge in [0.05, 0.1) is 5.69 Å². The van der Waals surface area contributed by atoms with Crippen LogP contribution in [-0.4, -0.2) is 0 Å². The molecule has 1 rings (SSSR count). The van der Waals surface area contributed by atoms with Crippen LogP contribution in [0.3, 0.4) is 0 Å². The van der Waals surface area contributed by atoms with E-state index in [1.54, 1.807) is 0 Å². The Bertz CT molecular complexity index is 251. The summed E-state index contributed by atoms with van der Waals surface area (Å²) in [5.74, 6) is 5.29. The Morgan fingerprint density at radius 3 is 2.58 bits per heavy atom. The summed E-state index contributed by atoms with van der Waals surface area (Å²) in [4.78, 5) is 0. The van der Waals surface area contributed by atoms with Crippen LogP contribution in [0.15, 0.2) is 18.2 Å². The Morgan fingerprint density at radius 1 is 1.50 bits per heavy atom. The number of nitrogens with two attached hydrogens (primary N) is 1. The van der Waals surface area contributed by atoms with Gasteiger partial charge in [-0.2, -0.15) is 0 Å². The van der Waals surface area contributed by atoms with Crippen molar-refractivity contribution in [3.8, 4) is 0 Å². The molecule has 0 saturated heterocycles. The van der Waals surface area contributed by atoms with Crippen molar-refractivity contribution in [1.29, 1.82) is 0 Å². The summed E-state index contributed by atoms with van der Waals surface area (Å²) in [6.45, 7) is 2.04. The van der Waals surface area contributed by atoms with Crippen molar-refractivity contribution in [2.24, 2.45) is 5.84 Å². The van der Waals surface area contributed by atoms with Gasteiger partial charge < -0.3 is 5.43 Å². The molecular formula is C8H12Cl2N2. The predicted octanol–water partition coefficient (Wildman–Crippen LogP) is 2.61. The molecule has 0 saturated carbocycles. The van der Waals surface area contributed by atoms with E-state index in [0.717, 1.165) is 22.7 Å². The predicted molar refractivity (Wildman–Crippen MR) is 55.9 cm³/mol. The number of hydrogen-bond donors (Lipinski definition) is 2. The van der Waals surface area contributed by atoms with Gasteiger partial charge in [0, 0.05) is 5.02 Å². The minimum Gasteiger partial charge on any atom is -0.324 e. The first-order valence-corrected chi connectivity index (χ1v) is 3.91. The molecule has 0 aliphatic carbocycles. The summed E-state index contributed by atoms with van der Waals surface area (Å²) in [7, 11) is 0. The smallest absolute Gasteiger partial charge is 0.0531 e. The normalized spacial score (nSPS) is 8.92. The summed E-state index contributed by atoms with van der Waals surface area (Å²) in [5, 5.41) is 0.767. The van der Waals surface area contributed by atoms with Crippen LogP contribution in [0.4, 0.5) is 5.69 Å². The molecule has 0 spiro atoms. The van der Waals surface area contributed by atoms with Gasteiger partial charge in [-0.15, -0.1) is 12.4 Å². The molecule has 2 nitrogen and oxygen atoms in total. The lowest BCUT2D eigenvalue weighted by molar-refractivity contribution is 1.13. The van der Waals surface area contributed by atoms with Crippen molar-refractivity contribution in [3.63, 3.8) is 0 Å². The number of anilines is 1. The number of hydrazine groups is 1. The van der Waals surface area contributed by atoms with Crippen LogP contribution in [0.5, 0.6) is 0 Å². The third kappa shape index (κ3) is 2.27. The molecule has 0 aromatic heterocycles. The third-order valence-electron chi connectivity index (χ3n) is 1.63. The molecule has 0 amide bonds. The molecule has 0 radical (unpaired) electrons. The van der Waals surface area contributed by atoms with Crippen LogP contribution in [0, 0.1) is 0 Å². The highest BCUT2D eigenvalue weighted by molar-refractivity contribution is 6.31. The summed E-state index contributed by atoms with van der Waals surface area (Å²) < 4.78 is 0. The second-order valence-corrected chi connectivity index (χ2v) is 2.67. The minimum absolute atomic E-state index is 0. The molecule has 0 aliphatic rings. The molecule has 68 valence electrons. The molecule has 0 unspecified atom stereocenters. The van der Waals surface area contributed by atoms with Gasteiger partial charge in [-0.1, -0.05) is 24.6 Å². The average Bonchev–Trinajstić information content (AvgIpc) is 2.04. The fourth-order valence-electron chi connectivity index (χ4n) is 1.05. The van der Waals surface area contributed by atoms with E-state index in [4.69, 9.17) is 17.4 Å². The number of rotatable bonds is 2. The first-order chi connectivity index (χ1) is 5.29. The van der Waals surface area contributed by atoms with Crippen LogP contribution in [0.1, 0.15) is 12.5 Å². The number of hydrogen-bond acceptors (Lipinski definition) is 2. The standard InChI is InChI=1S/C8H11ClN2.ClH/c1-2-6-7(9)4-3-5-8(6)11-10;/h3-5,11H,2,10H2,1H3;1H. The molecule has 0 aliphatic heterocycles. The van der Waals surface area contributed by atoms with Crippen LogP contribution in [0.25, 0.3) is 0 Å². The van der Waals surface area contributed by atoms with E-state index in [2.05, 4.69) is 5.43 Å². The van der Waals surface area contributed by atoms with Gasteiger partial charge >= 0.3 is 0 Å². The summed E-state index contributed by atoms with van der Waals surface area (Å²) in [6.07, 6.45) is 0.888. The summed E-state index contributed by atoms with van der Waals surface area (Å²) in [5.41, 5.74) is 4.57. The van der Waals surface area contributed by atoms with Crippen molar-refractivity contribution in [2.75, 3.05) is 5.43 Å². The number of benzene rings is 1. The lowest BCUT2D eigenvalue weighted by atomic mass is 10.1. The molecule has 0 atom stereocenters. The fraction of sp³-hybridized carbons (Fsp3) is 0.250. The largest absolute Gasteiger partial charge is 0.324 e. The van der Waals surface area contributed by atoms with Crippen molar-refractivity contribution in [2.45, 2.75) is 13.3 Å². The van der Waals surface area contributed by atoms with Crippen molar-refractivity contribution in [1.82, 2.24) is 0 Å². The molecule has 1 aromatic rings. The Kier molecular flexibility index (Phi) is 5.06. The van der Waals surface area contributed by atoms with E-state index in [1.165, 1.54) is 0 Å². The van der Waals surface area contributed by atoms with Gasteiger partial charge in [-0.25, -0.2) is 0 Å². The summed E-state index contributed by atoms with van der Waals surface area (Å²) >= 11 is 5.91. The van der Waals surface area contributed by atoms with Gasteiger partial charge in [-0.05, 0) is 24.1 Å². The fourth-order valence-corrected chi connectivity index (χ4v) is 1.36. The maximum absolute atomic E-state index is 5.91. The maximum Gasteiger partial charge on any atom is 0.0531 e. The van der Waals surface area contributed by atoms with Gasteiger partial charge in [0.25, 0.3) is 0 Å². The van der Waals surface area contributed by atoms with Crippen LogP contribution in [-0.2, 0) is 6.42 Å². The lowest BCUT2D eigenvalue weighted by Crippen LogP contribution is -2.08. The van der Waals surface area contributed by atoms with Crippen LogP contribution < -0.4 is 11.3 Å². The lowest BCUT2D eigenvalue weighted by Gasteiger charge is -2.07. The maximum atomic E-state index is 5.91. The number of nitrogen functional groups attached to an aromatic ring is 1. The molecule has 3 N–H and O–H groups in total. The first kappa shape index (κ1) is 11.6. The quantitative estimate of drug-likeness (QED) is 0.577. The van der Waals surface area contributed by atoms with Gasteiger partial charge in [-0.3, -0.25) is 5.84 Å². The number of halogens is 2. The van der Waals surface area contributed by atoms with E-state index in [9.17, 15) is 0 Å². The van der Waals surface area contributed by atoms with E-state index in [0.29, 0.717) is 0 Å². The Balaban J connectivity index is 0.00000121. The molecule has 0 heterocycles. The molecule has 1 aromatic carbocycles. The van der Waals surface area contributed by atoms with Crippen molar-refractivity contribution in [3.05, 3.63) is 28.8 Å². The van der Waals surface area contributed by atoms with Crippen LogP contribution in [0.2, 0.25) is 5.02 Å². The van der Waals surface area contributed by atoms with Gasteiger partial charge in [0.2, 0.25) is 0 Å². The molecule has 0 bridgehead atoms. The average molecular weight is 207 g/mol. The van der Waals surface area contributed by atoms with Crippen molar-refractivity contribution < 1.29 is 0 Å². The second kappa shape index (κ2) is 5.25. The van der Waals surface area contributed by atoms with Gasteiger partial charge in [0.1, 0.15) is 0 Å². The zero-order valence-corrected chi connectivity index (χ0v) is 8.38. The Hall–Kier alpha value is -0.440. The number of nitrogens with one attached hydrogen (secondary N) is 1. The zero-order chi connectivity index (χ0) is 8.27. The first-order valence-electron chi connectivity index (χ1n) is 3.53. The molecule has 4 heteroatoms. The monoisotopic (exact) mass is 206 g/mol. The zero-order valence-electron chi connectivity index (χ0n) is 6.80. The SMILES string of the molecule is CCc1c(Cl)cccc1NN.Cl. The van der Waals surface area contributed by atoms with E-state index >= 15 is 0 Å². The highest BCUT2D eigenvalue weighted by Gasteiger charge is 2.01. The highest BCUT2D eigenvalue weighted by Crippen LogP contribution is 2.23. The second-order valence-electron chi connectivity index (χ2n) is 2.26. The van der Waals surface area contributed by atoms with E-state index in [-0.39, 0.29) is 12.4 Å². The third-order valence-corrected chi connectivity index (χ3v) is 1.98. The van der Waals surface area contributed by atoms with Gasteiger partial charge in [0.15, 0.2) is 0 Å². The summed E-state index contributed by atoms with van der Waals surface area (Å²) in [6, 6.07) is 5.64. The minimum atomic E-state index is 0. The molecule has 12 heavy (non-hydrogen) atoms. The molecular weight excluding hydrogens is 195 g/mol. The van der Waals surface area contributed by atoms with E-state index < -0.39 is 0 Å². The van der Waals surface area contributed by atoms with E-state index in [1.807, 2.05) is 25.1 Å².